The topological polar surface area (TPSA) is 95.9 Å². The van der Waals surface area contributed by atoms with E-state index in [2.05, 4.69) is 43.5 Å². The molecule has 0 aromatic heterocycles. The molecule has 0 aliphatic heterocycles. The van der Waals surface area contributed by atoms with E-state index in [1.165, 1.54) is 360 Å². The molecular formula is C79H151NO5. The van der Waals surface area contributed by atoms with Crippen molar-refractivity contribution in [1.82, 2.24) is 5.32 Å². The fourth-order valence-corrected chi connectivity index (χ4v) is 12.3. The highest BCUT2D eigenvalue weighted by Crippen LogP contribution is 2.19. The van der Waals surface area contributed by atoms with Crippen LogP contribution < -0.4 is 5.32 Å². The summed E-state index contributed by atoms with van der Waals surface area (Å²) < 4.78 is 5.48. The molecule has 6 heteroatoms. The molecule has 0 saturated carbocycles. The molecule has 0 aromatic carbocycles. The smallest absolute Gasteiger partial charge is 0.305 e. The standard InChI is InChI=1S/C79H151NO5/c1-3-5-7-9-11-13-15-17-18-19-20-36-39-42-45-48-51-55-59-63-67-71-77(82)76(75-81)80-78(83)72-68-64-60-56-52-49-46-43-40-37-34-32-30-28-26-24-22-21-23-25-27-29-31-33-35-38-41-44-47-50-54-58-62-66-70-74-85-79(84)73-69-65-61-57-53-16-14-12-10-8-6-4-2/h23,25,29,31,67,71,76-77,81-82H,3-22,24,26-28,30,32-66,68-70,72-75H2,1-2H3,(H,80,83)/b25-23-,31-29-,71-67+. The maximum atomic E-state index is 12.5. The van der Waals surface area contributed by atoms with Crippen molar-refractivity contribution in [2.45, 2.75) is 443 Å². The first-order chi connectivity index (χ1) is 42.0. The molecule has 1 amide bonds. The van der Waals surface area contributed by atoms with Crippen LogP contribution >= 0.6 is 0 Å². The van der Waals surface area contributed by atoms with Crippen LogP contribution in [0.4, 0.5) is 0 Å². The van der Waals surface area contributed by atoms with E-state index >= 15 is 0 Å². The van der Waals surface area contributed by atoms with Crippen LogP contribution in [-0.2, 0) is 14.3 Å². The van der Waals surface area contributed by atoms with Gasteiger partial charge in [0, 0.05) is 12.8 Å². The van der Waals surface area contributed by atoms with Gasteiger partial charge in [-0.15, -0.1) is 0 Å². The highest BCUT2D eigenvalue weighted by Gasteiger charge is 2.18. The Morgan fingerprint density at radius 2 is 0.588 bits per heavy atom. The minimum absolute atomic E-state index is 0.0178. The quantitative estimate of drug-likeness (QED) is 0.0320. The van der Waals surface area contributed by atoms with Crippen LogP contribution in [0.25, 0.3) is 0 Å². The number of hydrogen-bond acceptors (Lipinski definition) is 5. The van der Waals surface area contributed by atoms with Crippen LogP contribution in [0.2, 0.25) is 0 Å². The van der Waals surface area contributed by atoms with E-state index in [0.717, 1.165) is 44.9 Å². The van der Waals surface area contributed by atoms with Crippen molar-refractivity contribution in [2.75, 3.05) is 13.2 Å². The minimum Gasteiger partial charge on any atom is -0.466 e. The Kier molecular flexibility index (Phi) is 72.9. The number of unbranched alkanes of at least 4 members (excludes halogenated alkanes) is 58. The van der Waals surface area contributed by atoms with Gasteiger partial charge in [0.1, 0.15) is 0 Å². The molecule has 0 heterocycles. The van der Waals surface area contributed by atoms with Gasteiger partial charge in [0.25, 0.3) is 0 Å². The van der Waals surface area contributed by atoms with Gasteiger partial charge < -0.3 is 20.3 Å². The summed E-state index contributed by atoms with van der Waals surface area (Å²) in [6, 6.07) is -0.627. The number of aliphatic hydroxyl groups excluding tert-OH is 2. The first kappa shape index (κ1) is 83.1. The van der Waals surface area contributed by atoms with Gasteiger partial charge in [0.15, 0.2) is 0 Å². The molecule has 0 saturated heterocycles. The molecule has 85 heavy (non-hydrogen) atoms. The fraction of sp³-hybridized carbons (Fsp3) is 0.899. The second-order valence-corrected chi connectivity index (χ2v) is 26.7. The Balaban J connectivity index is 3.39. The van der Waals surface area contributed by atoms with Crippen LogP contribution in [-0.4, -0.2) is 47.4 Å². The van der Waals surface area contributed by atoms with Crippen molar-refractivity contribution in [3.05, 3.63) is 36.5 Å². The number of carbonyl (C=O) groups is 2. The third-order valence-corrected chi connectivity index (χ3v) is 18.2. The largest absolute Gasteiger partial charge is 0.466 e. The van der Waals surface area contributed by atoms with Gasteiger partial charge in [-0.2, -0.15) is 0 Å². The number of allylic oxidation sites excluding steroid dienone is 5. The first-order valence-corrected chi connectivity index (χ1v) is 38.8. The molecule has 0 aromatic rings. The van der Waals surface area contributed by atoms with E-state index < -0.39 is 12.1 Å². The molecule has 6 nitrogen and oxygen atoms in total. The predicted octanol–water partition coefficient (Wildman–Crippen LogP) is 25.4. The Bertz CT molecular complexity index is 1380. The molecule has 0 aliphatic rings. The molecule has 0 rings (SSSR count). The molecule has 0 aliphatic carbocycles. The van der Waals surface area contributed by atoms with E-state index in [0.29, 0.717) is 19.4 Å². The lowest BCUT2D eigenvalue weighted by Crippen LogP contribution is -2.45. The summed E-state index contributed by atoms with van der Waals surface area (Å²) in [7, 11) is 0. The van der Waals surface area contributed by atoms with Gasteiger partial charge in [-0.05, 0) is 64.2 Å². The number of esters is 1. The molecular weight excluding hydrogens is 1040 g/mol. The van der Waals surface area contributed by atoms with Crippen LogP contribution in [0.1, 0.15) is 431 Å². The molecule has 2 atom stereocenters. The maximum Gasteiger partial charge on any atom is 0.305 e. The second kappa shape index (κ2) is 74.5. The summed E-state index contributed by atoms with van der Waals surface area (Å²) in [5.74, 6) is -0.0435. The van der Waals surface area contributed by atoms with Crippen molar-refractivity contribution in [1.29, 1.82) is 0 Å². The first-order valence-electron chi connectivity index (χ1n) is 38.8. The third kappa shape index (κ3) is 71.0. The van der Waals surface area contributed by atoms with E-state index in [-0.39, 0.29) is 18.5 Å². The second-order valence-electron chi connectivity index (χ2n) is 26.7. The summed E-state index contributed by atoms with van der Waals surface area (Å²) >= 11 is 0. The third-order valence-electron chi connectivity index (χ3n) is 18.2. The summed E-state index contributed by atoms with van der Waals surface area (Å²) in [5, 5.41) is 23.3. The van der Waals surface area contributed by atoms with Crippen molar-refractivity contribution in [3.63, 3.8) is 0 Å². The molecule has 2 unspecified atom stereocenters. The zero-order valence-electron chi connectivity index (χ0n) is 57.6. The Morgan fingerprint density at radius 1 is 0.329 bits per heavy atom. The van der Waals surface area contributed by atoms with E-state index in [1.54, 1.807) is 6.08 Å². The highest BCUT2D eigenvalue weighted by atomic mass is 16.5. The van der Waals surface area contributed by atoms with Crippen LogP contribution in [0, 0.1) is 0 Å². The molecule has 0 bridgehead atoms. The normalized spacial score (nSPS) is 12.7. The molecule has 0 fully saturated rings. The van der Waals surface area contributed by atoms with Crippen LogP contribution in [0.3, 0.4) is 0 Å². The monoisotopic (exact) mass is 1190 g/mol. The molecule has 0 radical (unpaired) electrons. The van der Waals surface area contributed by atoms with Gasteiger partial charge >= 0.3 is 5.97 Å². The molecule has 3 N–H and O–H groups in total. The van der Waals surface area contributed by atoms with E-state index in [1.807, 2.05) is 6.08 Å². The summed E-state index contributed by atoms with van der Waals surface area (Å²) in [4.78, 5) is 24.6. The van der Waals surface area contributed by atoms with Crippen LogP contribution in [0.5, 0.6) is 0 Å². The number of nitrogens with one attached hydrogen (secondary N) is 1. The van der Waals surface area contributed by atoms with Crippen molar-refractivity contribution >= 4 is 11.9 Å². The predicted molar refractivity (Wildman–Crippen MR) is 375 cm³/mol. The SMILES string of the molecule is CCCCCCCCCCCCCCCCCCCCC/C=C/C(O)C(CO)NC(=O)CCCCCCCCCCCCCCCCCCC/C=C\C/C=C\CCCCCCCCCCCCCOC(=O)CCCCCCCCCCCCCC. The number of carbonyl (C=O) groups excluding carboxylic acids is 2. The molecule has 0 spiro atoms. The lowest BCUT2D eigenvalue weighted by atomic mass is 10.0. The minimum atomic E-state index is -0.844. The van der Waals surface area contributed by atoms with Gasteiger partial charge in [0.05, 0.1) is 25.4 Å². The fourth-order valence-electron chi connectivity index (χ4n) is 12.3. The average molecular weight is 1200 g/mol. The lowest BCUT2D eigenvalue weighted by molar-refractivity contribution is -0.143. The molecule has 502 valence electrons. The van der Waals surface area contributed by atoms with Gasteiger partial charge in [-0.25, -0.2) is 0 Å². The van der Waals surface area contributed by atoms with Crippen molar-refractivity contribution < 1.29 is 24.5 Å². The van der Waals surface area contributed by atoms with Gasteiger partial charge in [0.2, 0.25) is 5.91 Å². The lowest BCUT2D eigenvalue weighted by Gasteiger charge is -2.20. The number of hydrogen-bond donors (Lipinski definition) is 3. The Labute approximate surface area is 532 Å². The summed E-state index contributed by atoms with van der Waals surface area (Å²) in [6.45, 7) is 4.95. The zero-order valence-corrected chi connectivity index (χ0v) is 57.6. The van der Waals surface area contributed by atoms with Crippen molar-refractivity contribution in [3.8, 4) is 0 Å². The summed E-state index contributed by atoms with van der Waals surface area (Å²) in [5.41, 5.74) is 0. The van der Waals surface area contributed by atoms with E-state index in [9.17, 15) is 19.8 Å². The Hall–Kier alpha value is -1.92. The zero-order chi connectivity index (χ0) is 61.3. The van der Waals surface area contributed by atoms with Gasteiger partial charge in [-0.3, -0.25) is 9.59 Å². The highest BCUT2D eigenvalue weighted by molar-refractivity contribution is 5.76. The number of aliphatic hydroxyl groups is 2. The number of ether oxygens (including phenoxy) is 1. The van der Waals surface area contributed by atoms with Crippen molar-refractivity contribution in [2.24, 2.45) is 0 Å². The number of amides is 1. The Morgan fingerprint density at radius 3 is 0.894 bits per heavy atom. The van der Waals surface area contributed by atoms with Crippen LogP contribution in [0.15, 0.2) is 36.5 Å². The summed E-state index contributed by atoms with van der Waals surface area (Å²) in [6.07, 6.45) is 96.9. The van der Waals surface area contributed by atoms with E-state index in [4.69, 9.17) is 4.74 Å². The average Bonchev–Trinajstić information content (AvgIpc) is 3.53. The van der Waals surface area contributed by atoms with Gasteiger partial charge in [-0.1, -0.05) is 391 Å². The maximum absolute atomic E-state index is 12.5. The number of rotatable bonds is 73.